The topological polar surface area (TPSA) is 213 Å². The van der Waals surface area contributed by atoms with Crippen LogP contribution in [-0.4, -0.2) is 85.2 Å². The van der Waals surface area contributed by atoms with Gasteiger partial charge in [0.15, 0.2) is 0 Å². The molecule has 132 heavy (non-hydrogen) atoms. The number of fused-ring (bicyclic) bond motifs is 4. The van der Waals surface area contributed by atoms with Gasteiger partial charge in [-0.15, -0.1) is 140 Å². The third kappa shape index (κ3) is 41.3. The second-order valence-corrected chi connectivity index (χ2v) is 38.0. The van der Waals surface area contributed by atoms with Gasteiger partial charge in [-0.2, -0.15) is 0 Å². The van der Waals surface area contributed by atoms with E-state index < -0.39 is 24.4 Å². The van der Waals surface area contributed by atoms with Crippen molar-refractivity contribution in [3.8, 4) is 45.0 Å². The smallest absolute Gasteiger partial charge is 0.0877 e. The molecule has 0 aliphatic heterocycles. The van der Waals surface area contributed by atoms with Gasteiger partial charge in [-0.3, -0.25) is 0 Å². The second-order valence-electron chi connectivity index (χ2n) is 38.0. The van der Waals surface area contributed by atoms with Crippen molar-refractivity contribution >= 4 is 43.1 Å². The molecule has 4 aromatic heterocycles. The first-order valence-electron chi connectivity index (χ1n) is 45.8. The fraction of sp³-hybridized carbons (Fsp3) is 0.414. The van der Waals surface area contributed by atoms with Gasteiger partial charge in [-0.25, -0.2) is 0 Å². The van der Waals surface area contributed by atoms with Crippen LogP contribution >= 0.6 is 0 Å². The summed E-state index contributed by atoms with van der Waals surface area (Å²) in [6.07, 6.45) is 15.7. The number of aromatic nitrogens is 4. The van der Waals surface area contributed by atoms with Crippen LogP contribution in [0, 0.1) is 103 Å². The van der Waals surface area contributed by atoms with Crippen LogP contribution in [0.5, 0.6) is 0 Å². The first-order chi connectivity index (χ1) is 59.9. The number of nitrogens with zero attached hydrogens (tertiary/aromatic N) is 4. The number of pyridine rings is 4. The van der Waals surface area contributed by atoms with Crippen molar-refractivity contribution in [1.82, 2.24) is 19.9 Å². The molecule has 4 heterocycles. The Hall–Kier alpha value is -8.00. The van der Waals surface area contributed by atoms with Crippen molar-refractivity contribution in [3.05, 3.63) is 307 Å². The van der Waals surface area contributed by atoms with Crippen molar-refractivity contribution in [2.75, 3.05) is 0 Å². The van der Waals surface area contributed by atoms with Crippen molar-refractivity contribution in [1.29, 1.82) is 0 Å². The molecule has 4 atom stereocenters. The molecule has 724 valence electrons. The van der Waals surface area contributed by atoms with Gasteiger partial charge in [-0.1, -0.05) is 227 Å². The summed E-state index contributed by atoms with van der Waals surface area (Å²) in [7, 11) is 0. The van der Waals surface area contributed by atoms with E-state index in [9.17, 15) is 0 Å². The van der Waals surface area contributed by atoms with Gasteiger partial charge < -0.3 is 60.8 Å². The van der Waals surface area contributed by atoms with E-state index >= 15 is 0 Å². The molecule has 16 heteroatoms. The summed E-state index contributed by atoms with van der Waals surface area (Å²) >= 11 is 0. The largest absolute Gasteiger partial charge is 0.513 e. The summed E-state index contributed by atoms with van der Waals surface area (Å²) in [5.74, 6) is 5.19. The predicted octanol–water partition coefficient (Wildman–Crippen LogP) is 29.9. The Morgan fingerprint density at radius 2 is 0.598 bits per heavy atom. The normalized spacial score (nSPS) is 12.4. The number of rotatable bonds is 20. The van der Waals surface area contributed by atoms with E-state index in [0.29, 0.717) is 47.3 Å². The van der Waals surface area contributed by atoms with E-state index in [1.54, 1.807) is 27.7 Å². The van der Waals surface area contributed by atoms with Crippen LogP contribution in [0.2, 0.25) is 0 Å². The molecular weight excluding hydrogens is 2350 g/mol. The van der Waals surface area contributed by atoms with Gasteiger partial charge in [0.25, 0.3) is 0 Å². The number of benzene rings is 8. The predicted molar refractivity (Wildman–Crippen MR) is 545 cm³/mol. The van der Waals surface area contributed by atoms with Gasteiger partial charge >= 0.3 is 0 Å². The molecule has 4 unspecified atom stereocenters. The fourth-order valence-electron chi connectivity index (χ4n) is 15.8. The van der Waals surface area contributed by atoms with Crippen LogP contribution in [0.1, 0.15) is 279 Å². The van der Waals surface area contributed by atoms with Crippen LogP contribution in [0.15, 0.2) is 193 Å². The van der Waals surface area contributed by atoms with E-state index in [0.717, 1.165) is 87.4 Å². The van der Waals surface area contributed by atoms with E-state index in [4.69, 9.17) is 60.8 Å². The Morgan fingerprint density at radius 3 is 0.939 bits per heavy atom. The Kier molecular flexibility index (Phi) is 54.6. The Balaban J connectivity index is 0.000000793. The molecular formula is C116H152Ir4N4O8-4. The van der Waals surface area contributed by atoms with Crippen LogP contribution in [0.3, 0.4) is 0 Å². The molecule has 0 aliphatic rings. The number of allylic oxidation sites excluding steroid dienone is 4. The second kappa shape index (κ2) is 59.1. The zero-order chi connectivity index (χ0) is 96.0. The van der Waals surface area contributed by atoms with E-state index in [1.165, 1.54) is 167 Å². The first kappa shape index (κ1) is 122. The number of aryl methyl sites for hydroxylation is 8. The van der Waals surface area contributed by atoms with Crippen molar-refractivity contribution < 1.29 is 121 Å². The quantitative estimate of drug-likeness (QED) is 0.0264. The summed E-state index contributed by atoms with van der Waals surface area (Å²) in [5.41, 5.74) is 29.4. The number of hydrogen-bond acceptors (Lipinski definition) is 12. The van der Waals surface area contributed by atoms with Crippen LogP contribution in [-0.2, 0) is 106 Å². The molecule has 0 amide bonds. The van der Waals surface area contributed by atoms with Crippen molar-refractivity contribution in [2.45, 2.75) is 295 Å². The average Bonchev–Trinajstić information content (AvgIpc) is 0.774. The first-order valence-corrected chi connectivity index (χ1v) is 45.8. The maximum Gasteiger partial charge on any atom is 0.0877 e. The molecule has 0 bridgehead atoms. The van der Waals surface area contributed by atoms with E-state index in [1.807, 2.05) is 12.4 Å². The van der Waals surface area contributed by atoms with E-state index in [2.05, 4.69) is 324 Å². The third-order valence-electron chi connectivity index (χ3n) is 20.6. The summed E-state index contributed by atoms with van der Waals surface area (Å²) in [5, 5.41) is 78.0. The minimum atomic E-state index is -0.537. The van der Waals surface area contributed by atoms with Crippen molar-refractivity contribution in [3.63, 3.8) is 0 Å². The van der Waals surface area contributed by atoms with E-state index in [-0.39, 0.29) is 103 Å². The molecule has 0 spiro atoms. The molecule has 0 saturated heterocycles. The molecule has 8 N–H and O–H groups in total. The summed E-state index contributed by atoms with van der Waals surface area (Å²) < 4.78 is 0. The number of aliphatic hydroxyl groups excluding tert-OH is 8. The van der Waals surface area contributed by atoms with Gasteiger partial charge in [0.1, 0.15) is 0 Å². The molecule has 0 fully saturated rings. The molecule has 4 radical (unpaired) electrons. The van der Waals surface area contributed by atoms with Gasteiger partial charge in [0.05, 0.1) is 47.5 Å². The molecule has 12 nitrogen and oxygen atoms in total. The summed E-state index contributed by atoms with van der Waals surface area (Å²) in [6, 6.07) is 59.0. The van der Waals surface area contributed by atoms with Gasteiger partial charge in [0, 0.05) is 105 Å². The van der Waals surface area contributed by atoms with Crippen molar-refractivity contribution in [2.24, 2.45) is 23.7 Å². The minimum absolute atomic E-state index is 0. The third-order valence-corrected chi connectivity index (χ3v) is 20.6. The summed E-state index contributed by atoms with van der Waals surface area (Å²) in [4.78, 5) is 19.2. The SMILES string of the molecule is CC(O)=CC(C)O.CC(O)=CC(C)O.CC(O)=CC(C)O.CC(O)=CC(C)O.Cc1[c-]c(-c2ncc(C(C)C)c3cc(C(C)C)ccc23)cc(C)c1.Cc1[c-]c(-c2ncc(CC(C)C)c3cc(CC(C)C)ccc23)cc(C)c1.Cc1[c-]c(-c2nccc3c(C(C)C)cc(C(C)C)cc23)cc(C)c1.Cc1[c-]c(-c2nccc3c(CC(C)C)cc(CC(C)C)cc23)cc(C)c1.[Ir].[Ir].[Ir].[Ir]. The standard InChI is InChI=1S/2C25H30N.2C23H26N.4C5H10O2.4Ir/c1-16(2)9-20-14-21(10-17(3)4)23-7-8-26-25(24(23)15-20)22-12-18(5)11-19(6)13-22;1-16(2)9-20-7-8-23-24(14-20)22(10-17(3)4)15-26-25(23)21-12-18(5)11-19(6)13-21;1-14(2)18-12-21(15(3)4)20-7-8-24-23(22(20)13-18)19-10-16(5)9-17(6)11-19;1-14(2)18-7-8-20-21(12-18)22(15(3)4)13-24-23(20)19-10-16(5)9-17(6)11-19;4*1-4(6)3-5(2)7;;;;/h2*7-8,11-12,14-17H,9-10H2,1-6H3;2*7-10,12-15H,1-6H3;4*3-4,6-7H,1-2H3;;;;/q4*-1;;;;;;;;. The maximum absolute atomic E-state index is 8.49. The maximum atomic E-state index is 8.49. The minimum Gasteiger partial charge on any atom is -0.513 e. The number of hydrogen-bond donors (Lipinski definition) is 8. The Bertz CT molecular complexity index is 5550. The zero-order valence-corrected chi connectivity index (χ0v) is 94.2. The van der Waals surface area contributed by atoms with Gasteiger partial charge in [0.2, 0.25) is 0 Å². The summed E-state index contributed by atoms with van der Waals surface area (Å²) in [6.45, 7) is 65.6. The molecule has 0 aliphatic carbocycles. The monoisotopic (exact) mass is 2500 g/mol. The van der Waals surface area contributed by atoms with Crippen LogP contribution < -0.4 is 0 Å². The molecule has 0 saturated carbocycles. The Morgan fingerprint density at radius 1 is 0.280 bits per heavy atom. The molecule has 8 aromatic carbocycles. The van der Waals surface area contributed by atoms with Gasteiger partial charge in [-0.05, 0) is 275 Å². The van der Waals surface area contributed by atoms with Crippen LogP contribution in [0.4, 0.5) is 0 Å². The zero-order valence-electron chi connectivity index (χ0n) is 84.6. The average molecular weight is 2500 g/mol. The van der Waals surface area contributed by atoms with Crippen LogP contribution in [0.25, 0.3) is 88.1 Å². The fourth-order valence-corrected chi connectivity index (χ4v) is 15.8. The number of aliphatic hydroxyl groups is 8. The molecule has 12 rings (SSSR count). The molecule has 12 aromatic rings. The Labute approximate surface area is 847 Å².